The van der Waals surface area contributed by atoms with Crippen LogP contribution < -0.4 is 10.6 Å². The zero-order valence-corrected chi connectivity index (χ0v) is 10.5. The van der Waals surface area contributed by atoms with Gasteiger partial charge in [-0.3, -0.25) is 10.1 Å². The molecule has 0 saturated carbocycles. The highest BCUT2D eigenvalue weighted by Gasteiger charge is 2.15. The highest BCUT2D eigenvalue weighted by Crippen LogP contribution is 2.24. The van der Waals surface area contributed by atoms with Gasteiger partial charge in [-0.15, -0.1) is 0 Å². The first-order valence-electron chi connectivity index (χ1n) is 5.29. The minimum absolute atomic E-state index is 0.0239. The molecule has 2 aromatic heterocycles. The third kappa shape index (κ3) is 2.75. The predicted molar refractivity (Wildman–Crippen MR) is 72.1 cm³/mol. The Morgan fingerprint density at radius 2 is 2.28 bits per heavy atom. The number of rotatable bonds is 5. The first kappa shape index (κ1) is 12.3. The van der Waals surface area contributed by atoms with Crippen LogP contribution in [0.1, 0.15) is 5.56 Å². The molecule has 7 heteroatoms. The second-order valence-electron chi connectivity index (χ2n) is 3.56. The maximum Gasteiger partial charge on any atom is 0.311 e. The maximum absolute atomic E-state index is 10.9. The van der Waals surface area contributed by atoms with E-state index in [4.69, 9.17) is 0 Å². The van der Waals surface area contributed by atoms with Gasteiger partial charge in [0, 0.05) is 19.7 Å². The van der Waals surface area contributed by atoms with E-state index in [9.17, 15) is 10.1 Å². The smallest absolute Gasteiger partial charge is 0.311 e. The van der Waals surface area contributed by atoms with Crippen molar-refractivity contribution in [1.29, 1.82) is 0 Å². The minimum atomic E-state index is -0.442. The van der Waals surface area contributed by atoms with Crippen LogP contribution in [0.3, 0.4) is 0 Å². The highest BCUT2D eigenvalue weighted by atomic mass is 32.1. The molecule has 0 aliphatic rings. The molecule has 2 rings (SSSR count). The van der Waals surface area contributed by atoms with Gasteiger partial charge in [0.25, 0.3) is 0 Å². The lowest BCUT2D eigenvalue weighted by atomic mass is 10.3. The first-order chi connectivity index (χ1) is 8.70. The summed E-state index contributed by atoms with van der Waals surface area (Å²) in [6.45, 7) is 0.518. The standard InChI is InChI=1S/C11H12N4O2S/c1-12-10-3-2-9(15(16)17)11(14-10)13-6-8-4-5-18-7-8/h2-5,7H,6H2,1H3,(H2,12,13,14). The molecule has 0 fully saturated rings. The van der Waals surface area contributed by atoms with Gasteiger partial charge in [-0.1, -0.05) is 0 Å². The Labute approximate surface area is 108 Å². The summed E-state index contributed by atoms with van der Waals surface area (Å²) in [7, 11) is 1.72. The van der Waals surface area contributed by atoms with Gasteiger partial charge in [-0.05, 0) is 28.5 Å². The lowest BCUT2D eigenvalue weighted by Crippen LogP contribution is -2.05. The zero-order valence-electron chi connectivity index (χ0n) is 9.71. The number of anilines is 2. The molecule has 0 spiro atoms. The Morgan fingerprint density at radius 1 is 1.44 bits per heavy atom. The Bertz CT molecular complexity index is 542. The summed E-state index contributed by atoms with van der Waals surface area (Å²) in [6.07, 6.45) is 0. The molecule has 0 amide bonds. The van der Waals surface area contributed by atoms with Crippen LogP contribution in [-0.2, 0) is 6.54 Å². The molecule has 0 atom stereocenters. The largest absolute Gasteiger partial charge is 0.373 e. The zero-order chi connectivity index (χ0) is 13.0. The average molecular weight is 264 g/mol. The lowest BCUT2D eigenvalue weighted by Gasteiger charge is -2.07. The molecule has 0 radical (unpaired) electrons. The molecular formula is C11H12N4O2S. The Kier molecular flexibility index (Phi) is 3.73. The van der Waals surface area contributed by atoms with Crippen LogP contribution in [0.4, 0.5) is 17.3 Å². The Morgan fingerprint density at radius 3 is 2.89 bits per heavy atom. The summed E-state index contributed by atoms with van der Waals surface area (Å²) in [5, 5.41) is 20.7. The summed E-state index contributed by atoms with van der Waals surface area (Å²) in [6, 6.07) is 4.98. The van der Waals surface area contributed by atoms with E-state index < -0.39 is 4.92 Å². The highest BCUT2D eigenvalue weighted by molar-refractivity contribution is 7.07. The molecule has 2 N–H and O–H groups in total. The summed E-state index contributed by atoms with van der Waals surface area (Å²) in [5.41, 5.74) is 1.05. The van der Waals surface area contributed by atoms with Crippen LogP contribution in [0.2, 0.25) is 0 Å². The third-order valence-electron chi connectivity index (χ3n) is 2.37. The quantitative estimate of drug-likeness (QED) is 0.641. The third-order valence-corrected chi connectivity index (χ3v) is 3.10. The number of hydrogen-bond donors (Lipinski definition) is 2. The van der Waals surface area contributed by atoms with Crippen molar-refractivity contribution in [2.24, 2.45) is 0 Å². The molecule has 2 aromatic rings. The summed E-state index contributed by atoms with van der Waals surface area (Å²) < 4.78 is 0. The summed E-state index contributed by atoms with van der Waals surface area (Å²) >= 11 is 1.59. The van der Waals surface area contributed by atoms with Gasteiger partial charge in [0.2, 0.25) is 5.82 Å². The molecule has 18 heavy (non-hydrogen) atoms. The molecule has 2 heterocycles. The molecule has 0 bridgehead atoms. The second-order valence-corrected chi connectivity index (χ2v) is 4.34. The van der Waals surface area contributed by atoms with Crippen molar-refractivity contribution in [1.82, 2.24) is 4.98 Å². The molecule has 0 aromatic carbocycles. The van der Waals surface area contributed by atoms with E-state index in [2.05, 4.69) is 15.6 Å². The van der Waals surface area contributed by atoms with Crippen molar-refractivity contribution in [3.05, 3.63) is 44.6 Å². The van der Waals surface area contributed by atoms with E-state index in [1.165, 1.54) is 6.07 Å². The minimum Gasteiger partial charge on any atom is -0.373 e. The molecule has 0 aliphatic heterocycles. The van der Waals surface area contributed by atoms with Gasteiger partial charge < -0.3 is 10.6 Å². The first-order valence-corrected chi connectivity index (χ1v) is 6.23. The van der Waals surface area contributed by atoms with Gasteiger partial charge >= 0.3 is 5.69 Å². The Balaban J connectivity index is 2.20. The predicted octanol–water partition coefficient (Wildman–Crippen LogP) is 2.71. The summed E-state index contributed by atoms with van der Waals surface area (Å²) in [4.78, 5) is 14.6. The van der Waals surface area contributed by atoms with Gasteiger partial charge in [0.1, 0.15) is 5.82 Å². The second kappa shape index (κ2) is 5.46. The fourth-order valence-electron chi connectivity index (χ4n) is 1.45. The number of hydrogen-bond acceptors (Lipinski definition) is 6. The van der Waals surface area contributed by atoms with E-state index >= 15 is 0 Å². The molecule has 0 aliphatic carbocycles. The molecule has 94 valence electrons. The van der Waals surface area contributed by atoms with Crippen LogP contribution in [-0.4, -0.2) is 17.0 Å². The van der Waals surface area contributed by atoms with Gasteiger partial charge in [-0.2, -0.15) is 11.3 Å². The van der Waals surface area contributed by atoms with E-state index in [0.717, 1.165) is 5.56 Å². The Hall–Kier alpha value is -2.15. The van der Waals surface area contributed by atoms with Crippen molar-refractivity contribution in [3.63, 3.8) is 0 Å². The fourth-order valence-corrected chi connectivity index (χ4v) is 2.12. The number of nitrogens with zero attached hydrogens (tertiary/aromatic N) is 2. The molecule has 6 nitrogen and oxygen atoms in total. The molecular weight excluding hydrogens is 252 g/mol. The maximum atomic E-state index is 10.9. The number of nitro groups is 1. The van der Waals surface area contributed by atoms with Crippen molar-refractivity contribution in [3.8, 4) is 0 Å². The number of aromatic nitrogens is 1. The molecule has 0 unspecified atom stereocenters. The van der Waals surface area contributed by atoms with Gasteiger partial charge in [-0.25, -0.2) is 4.98 Å². The number of pyridine rings is 1. The lowest BCUT2D eigenvalue weighted by molar-refractivity contribution is -0.384. The summed E-state index contributed by atoms with van der Waals surface area (Å²) in [5.74, 6) is 0.867. The van der Waals surface area contributed by atoms with Gasteiger partial charge in [0.05, 0.1) is 4.92 Å². The van der Waals surface area contributed by atoms with E-state index in [0.29, 0.717) is 12.4 Å². The van der Waals surface area contributed by atoms with E-state index in [-0.39, 0.29) is 11.5 Å². The van der Waals surface area contributed by atoms with Gasteiger partial charge in [0.15, 0.2) is 0 Å². The van der Waals surface area contributed by atoms with Crippen molar-refractivity contribution >= 4 is 28.7 Å². The van der Waals surface area contributed by atoms with Crippen molar-refractivity contribution in [2.75, 3.05) is 17.7 Å². The van der Waals surface area contributed by atoms with Crippen molar-refractivity contribution in [2.45, 2.75) is 6.54 Å². The fraction of sp³-hybridized carbons (Fsp3) is 0.182. The van der Waals surface area contributed by atoms with Crippen LogP contribution in [0, 0.1) is 10.1 Å². The van der Waals surface area contributed by atoms with Crippen molar-refractivity contribution < 1.29 is 4.92 Å². The normalized spacial score (nSPS) is 10.1. The SMILES string of the molecule is CNc1ccc([N+](=O)[O-])c(NCc2ccsc2)n1. The van der Waals surface area contributed by atoms with Crippen LogP contribution in [0.15, 0.2) is 29.0 Å². The average Bonchev–Trinajstić information content (AvgIpc) is 2.88. The molecule has 0 saturated heterocycles. The number of nitrogens with one attached hydrogen (secondary N) is 2. The van der Waals surface area contributed by atoms with Crippen LogP contribution in [0.25, 0.3) is 0 Å². The monoisotopic (exact) mass is 264 g/mol. The topological polar surface area (TPSA) is 80.1 Å². The van der Waals surface area contributed by atoms with E-state index in [1.807, 2.05) is 16.8 Å². The number of thiophene rings is 1. The van der Waals surface area contributed by atoms with Crippen LogP contribution >= 0.6 is 11.3 Å². The van der Waals surface area contributed by atoms with Crippen LogP contribution in [0.5, 0.6) is 0 Å². The van der Waals surface area contributed by atoms with E-state index in [1.54, 1.807) is 24.5 Å².